The molecule has 1 N–H and O–H groups in total. The molecule has 1 saturated carbocycles. The summed E-state index contributed by atoms with van der Waals surface area (Å²) in [4.78, 5) is 43.2. The smallest absolute Gasteiger partial charge is 0.320 e. The molecule has 0 radical (unpaired) electrons. The van der Waals surface area contributed by atoms with Gasteiger partial charge in [0.2, 0.25) is 11.8 Å². The fourth-order valence-electron chi connectivity index (χ4n) is 7.47. The molecule has 1 aliphatic carbocycles. The number of nitrogens with one attached hydrogen (secondary N) is 1. The SMILES string of the molecule is COC(=O)[C@]12C[C@H](CC(=O)NCC3CCCCC3)C(=O)N(CCc3ccc(OC)c(OC)c3)C1=C[C@H](COCc1ccccc1)O[C@@H]2C. The molecule has 0 bridgehead atoms. The Morgan fingerprint density at radius 1 is 0.979 bits per heavy atom. The van der Waals surface area contributed by atoms with Crippen molar-refractivity contribution in [2.75, 3.05) is 41.0 Å². The monoisotopic (exact) mass is 662 g/mol. The second-order valence-corrected chi connectivity index (χ2v) is 13.2. The normalized spacial score (nSPS) is 24.3. The van der Waals surface area contributed by atoms with Crippen molar-refractivity contribution in [3.05, 3.63) is 71.4 Å². The van der Waals surface area contributed by atoms with Gasteiger partial charge in [-0.05, 0) is 67.9 Å². The Labute approximate surface area is 284 Å². The average molecular weight is 663 g/mol. The molecule has 2 aromatic rings. The summed E-state index contributed by atoms with van der Waals surface area (Å²) in [7, 11) is 4.52. The van der Waals surface area contributed by atoms with Crippen LogP contribution >= 0.6 is 0 Å². The van der Waals surface area contributed by atoms with Crippen LogP contribution in [0.2, 0.25) is 0 Å². The number of hydrogen-bond donors (Lipinski definition) is 1. The maximum Gasteiger partial charge on any atom is 0.320 e. The van der Waals surface area contributed by atoms with E-state index in [1.165, 1.54) is 26.4 Å². The number of fused-ring (bicyclic) bond motifs is 1. The fourth-order valence-corrected chi connectivity index (χ4v) is 7.47. The molecule has 260 valence electrons. The number of hydrogen-bond acceptors (Lipinski definition) is 8. The van der Waals surface area contributed by atoms with E-state index >= 15 is 0 Å². The Bertz CT molecular complexity index is 1440. The molecule has 1 saturated heterocycles. The summed E-state index contributed by atoms with van der Waals surface area (Å²) in [5.74, 6) is 0.0852. The zero-order valence-electron chi connectivity index (χ0n) is 28.7. The number of likely N-dealkylation sites (tertiary alicyclic amines) is 1. The van der Waals surface area contributed by atoms with Gasteiger partial charge in [0.15, 0.2) is 11.5 Å². The first-order valence-electron chi connectivity index (χ1n) is 17.2. The third kappa shape index (κ3) is 8.04. The van der Waals surface area contributed by atoms with Crippen molar-refractivity contribution in [3.8, 4) is 11.5 Å². The predicted molar refractivity (Wildman–Crippen MR) is 180 cm³/mol. The molecule has 10 nitrogen and oxygen atoms in total. The molecule has 2 amide bonds. The van der Waals surface area contributed by atoms with Gasteiger partial charge < -0.3 is 33.9 Å². The number of amides is 2. The van der Waals surface area contributed by atoms with Crippen LogP contribution in [0.5, 0.6) is 11.5 Å². The van der Waals surface area contributed by atoms with Crippen molar-refractivity contribution in [2.45, 2.75) is 77.1 Å². The Morgan fingerprint density at radius 3 is 2.44 bits per heavy atom. The first kappa shape index (κ1) is 35.4. The van der Waals surface area contributed by atoms with Crippen molar-refractivity contribution < 1.29 is 38.1 Å². The number of rotatable bonds is 14. The van der Waals surface area contributed by atoms with Crippen molar-refractivity contribution in [1.29, 1.82) is 0 Å². The molecule has 4 atom stereocenters. The number of piperidine rings is 1. The van der Waals surface area contributed by atoms with E-state index in [1.54, 1.807) is 19.1 Å². The number of nitrogens with zero attached hydrogens (tertiary/aromatic N) is 1. The molecule has 3 aliphatic rings. The molecule has 0 spiro atoms. The van der Waals surface area contributed by atoms with Gasteiger partial charge in [-0.15, -0.1) is 0 Å². The van der Waals surface area contributed by atoms with E-state index < -0.39 is 29.5 Å². The summed E-state index contributed by atoms with van der Waals surface area (Å²) >= 11 is 0. The highest BCUT2D eigenvalue weighted by molar-refractivity contribution is 5.92. The summed E-state index contributed by atoms with van der Waals surface area (Å²) in [6, 6.07) is 15.5. The van der Waals surface area contributed by atoms with Crippen LogP contribution in [0.15, 0.2) is 60.3 Å². The third-order valence-electron chi connectivity index (χ3n) is 10.1. The van der Waals surface area contributed by atoms with Gasteiger partial charge in [0, 0.05) is 31.1 Å². The third-order valence-corrected chi connectivity index (χ3v) is 10.1. The van der Waals surface area contributed by atoms with Crippen LogP contribution in [0.4, 0.5) is 0 Å². The number of ether oxygens (including phenoxy) is 5. The van der Waals surface area contributed by atoms with Crippen molar-refractivity contribution in [2.24, 2.45) is 17.3 Å². The van der Waals surface area contributed by atoms with Gasteiger partial charge >= 0.3 is 5.97 Å². The van der Waals surface area contributed by atoms with Crippen LogP contribution < -0.4 is 14.8 Å². The zero-order valence-corrected chi connectivity index (χ0v) is 28.7. The Morgan fingerprint density at radius 2 is 1.73 bits per heavy atom. The van der Waals surface area contributed by atoms with Crippen molar-refractivity contribution >= 4 is 17.8 Å². The molecule has 0 unspecified atom stereocenters. The molecule has 2 fully saturated rings. The zero-order chi connectivity index (χ0) is 34.1. The standard InChI is InChI=1S/C38H50N2O8/c1-26-38(37(43)46-4)22-30(20-35(41)39-23-28-11-7-5-8-12-28)36(42)40(18-17-27-15-16-32(44-2)33(19-27)45-3)34(38)21-31(48-26)25-47-24-29-13-9-6-10-14-29/h6,9-10,13-16,19,21,26,28,30-31H,5,7-8,11-12,17-18,20,22-25H2,1-4H3,(H,39,41)/t26-,30+,31-,38+/m1/s1. The predicted octanol–water partition coefficient (Wildman–Crippen LogP) is 5.23. The maximum absolute atomic E-state index is 14.4. The highest BCUT2D eigenvalue weighted by Gasteiger charge is 2.59. The van der Waals surface area contributed by atoms with Crippen LogP contribution in [0.25, 0.3) is 0 Å². The molecule has 10 heteroatoms. The number of methoxy groups -OCH3 is 3. The largest absolute Gasteiger partial charge is 0.493 e. The summed E-state index contributed by atoms with van der Waals surface area (Å²) in [5.41, 5.74) is 1.24. The van der Waals surface area contributed by atoms with Gasteiger partial charge in [0.05, 0.1) is 40.6 Å². The quantitative estimate of drug-likeness (QED) is 0.274. The highest BCUT2D eigenvalue weighted by Crippen LogP contribution is 2.50. The average Bonchev–Trinajstić information content (AvgIpc) is 3.11. The number of esters is 1. The molecule has 2 aliphatic heterocycles. The summed E-state index contributed by atoms with van der Waals surface area (Å²) in [6.45, 7) is 3.38. The second-order valence-electron chi connectivity index (χ2n) is 13.2. The van der Waals surface area contributed by atoms with Crippen LogP contribution in [0, 0.1) is 17.3 Å². The molecule has 0 aromatic heterocycles. The number of carbonyl (C=O) groups excluding carboxylic acids is 3. The number of carbonyl (C=O) groups is 3. The second kappa shape index (κ2) is 16.5. The van der Waals surface area contributed by atoms with E-state index in [9.17, 15) is 14.4 Å². The van der Waals surface area contributed by atoms with E-state index in [0.29, 0.717) is 42.7 Å². The van der Waals surface area contributed by atoms with Crippen molar-refractivity contribution in [1.82, 2.24) is 10.2 Å². The topological polar surface area (TPSA) is 113 Å². The lowest BCUT2D eigenvalue weighted by molar-refractivity contribution is -0.178. The van der Waals surface area contributed by atoms with E-state index in [0.717, 1.165) is 24.0 Å². The molecule has 2 heterocycles. The van der Waals surface area contributed by atoms with E-state index in [1.807, 2.05) is 61.5 Å². The highest BCUT2D eigenvalue weighted by atomic mass is 16.6. The Hall–Kier alpha value is -3.89. The van der Waals surface area contributed by atoms with Gasteiger partial charge in [-0.1, -0.05) is 55.7 Å². The summed E-state index contributed by atoms with van der Waals surface area (Å²) in [5, 5.41) is 3.09. The number of benzene rings is 2. The minimum atomic E-state index is -1.27. The minimum Gasteiger partial charge on any atom is -0.493 e. The molecular weight excluding hydrogens is 612 g/mol. The van der Waals surface area contributed by atoms with Gasteiger partial charge in [-0.3, -0.25) is 14.4 Å². The van der Waals surface area contributed by atoms with Gasteiger partial charge in [-0.25, -0.2) is 0 Å². The minimum absolute atomic E-state index is 0.0131. The lowest BCUT2D eigenvalue weighted by atomic mass is 9.66. The summed E-state index contributed by atoms with van der Waals surface area (Å²) < 4.78 is 28.8. The summed E-state index contributed by atoms with van der Waals surface area (Å²) in [6.07, 6.45) is 7.11. The van der Waals surface area contributed by atoms with Crippen LogP contribution in [0.1, 0.15) is 63.0 Å². The van der Waals surface area contributed by atoms with Gasteiger partial charge in [-0.2, -0.15) is 0 Å². The van der Waals surface area contributed by atoms with Crippen molar-refractivity contribution in [3.63, 3.8) is 0 Å². The molecule has 2 aromatic carbocycles. The van der Waals surface area contributed by atoms with Gasteiger partial charge in [0.25, 0.3) is 0 Å². The first-order chi connectivity index (χ1) is 23.3. The van der Waals surface area contributed by atoms with Gasteiger partial charge in [0.1, 0.15) is 11.5 Å². The maximum atomic E-state index is 14.4. The molecular formula is C38H50N2O8. The van der Waals surface area contributed by atoms with Crippen LogP contribution in [-0.2, 0) is 41.6 Å². The fraction of sp³-hybridized carbons (Fsp3) is 0.553. The molecule has 5 rings (SSSR count). The lowest BCUT2D eigenvalue weighted by Gasteiger charge is -2.51. The first-order valence-corrected chi connectivity index (χ1v) is 17.2. The van der Waals surface area contributed by atoms with Crippen LogP contribution in [-0.4, -0.2) is 75.9 Å². The van der Waals surface area contributed by atoms with Crippen LogP contribution in [0.3, 0.4) is 0 Å². The van der Waals surface area contributed by atoms with E-state index in [2.05, 4.69) is 5.32 Å². The van der Waals surface area contributed by atoms with E-state index in [-0.39, 0.29) is 37.8 Å². The lowest BCUT2D eigenvalue weighted by Crippen LogP contribution is -2.60. The Kier molecular flexibility index (Phi) is 12.2. The Balaban J connectivity index is 1.41. The molecule has 48 heavy (non-hydrogen) atoms. The van der Waals surface area contributed by atoms with E-state index in [4.69, 9.17) is 23.7 Å².